The zero-order chi connectivity index (χ0) is 14.8. The second kappa shape index (κ2) is 6.50. The molecule has 0 saturated carbocycles. The van der Waals surface area contributed by atoms with Crippen molar-refractivity contribution in [3.05, 3.63) is 34.1 Å². The Morgan fingerprint density at radius 3 is 2.90 bits per heavy atom. The minimum absolute atomic E-state index is 0.0304. The highest BCUT2D eigenvalue weighted by molar-refractivity contribution is 9.10. The molecule has 1 aliphatic rings. The van der Waals surface area contributed by atoms with Crippen LogP contribution in [-0.4, -0.2) is 14.8 Å². The molecule has 0 spiro atoms. The summed E-state index contributed by atoms with van der Waals surface area (Å²) < 4.78 is 3.32. The van der Waals surface area contributed by atoms with Gasteiger partial charge in [0.25, 0.3) is 0 Å². The number of benzene rings is 1. The van der Waals surface area contributed by atoms with Gasteiger partial charge in [-0.05, 0) is 49.2 Å². The van der Waals surface area contributed by atoms with Gasteiger partial charge in [0.1, 0.15) is 5.82 Å². The highest BCUT2D eigenvalue weighted by Gasteiger charge is 2.16. The quantitative estimate of drug-likeness (QED) is 0.893. The Bertz CT molecular complexity index is 639. The third-order valence-electron chi connectivity index (χ3n) is 3.75. The number of rotatable bonds is 3. The fourth-order valence-electron chi connectivity index (χ4n) is 2.58. The van der Waals surface area contributed by atoms with Crippen molar-refractivity contribution in [1.82, 2.24) is 14.8 Å². The number of halogens is 1. The van der Waals surface area contributed by atoms with E-state index in [1.54, 1.807) is 11.8 Å². The van der Waals surface area contributed by atoms with Crippen LogP contribution in [0.2, 0.25) is 0 Å². The smallest absolute Gasteiger partial charge is 0.196 e. The molecule has 0 radical (unpaired) electrons. The number of nitrogens with two attached hydrogens (primary N) is 1. The molecular weight excluding hydrogens is 348 g/mol. The summed E-state index contributed by atoms with van der Waals surface area (Å²) in [5.41, 5.74) is 7.07. The Morgan fingerprint density at radius 1 is 1.29 bits per heavy atom. The van der Waals surface area contributed by atoms with Gasteiger partial charge in [-0.25, -0.2) is 0 Å². The molecule has 0 bridgehead atoms. The van der Waals surface area contributed by atoms with Crippen LogP contribution in [0.15, 0.2) is 32.7 Å². The lowest BCUT2D eigenvalue weighted by Crippen LogP contribution is -2.05. The van der Waals surface area contributed by atoms with Gasteiger partial charge in [0.15, 0.2) is 5.16 Å². The summed E-state index contributed by atoms with van der Waals surface area (Å²) in [6, 6.07) is 6.33. The van der Waals surface area contributed by atoms with Crippen molar-refractivity contribution in [3.63, 3.8) is 0 Å². The van der Waals surface area contributed by atoms with Crippen molar-refractivity contribution in [2.24, 2.45) is 5.73 Å². The first kappa shape index (κ1) is 15.1. The van der Waals surface area contributed by atoms with Gasteiger partial charge in [-0.3, -0.25) is 0 Å². The number of hydrogen-bond acceptors (Lipinski definition) is 4. The SMILES string of the molecule is C[C@H](N)c1ccc(Sc2nnc3n2CCCCC3)cc1Br. The summed E-state index contributed by atoms with van der Waals surface area (Å²) in [6.07, 6.45) is 4.76. The molecule has 1 aromatic heterocycles. The number of aromatic nitrogens is 3. The summed E-state index contributed by atoms with van der Waals surface area (Å²) in [7, 11) is 0. The summed E-state index contributed by atoms with van der Waals surface area (Å²) in [6.45, 7) is 3.02. The fraction of sp³-hybridized carbons (Fsp3) is 0.467. The van der Waals surface area contributed by atoms with Gasteiger partial charge in [-0.2, -0.15) is 0 Å². The largest absolute Gasteiger partial charge is 0.324 e. The van der Waals surface area contributed by atoms with Crippen molar-refractivity contribution in [1.29, 1.82) is 0 Å². The monoisotopic (exact) mass is 366 g/mol. The van der Waals surface area contributed by atoms with Crippen LogP contribution in [0.5, 0.6) is 0 Å². The van der Waals surface area contributed by atoms with E-state index in [2.05, 4.69) is 48.9 Å². The van der Waals surface area contributed by atoms with Crippen LogP contribution in [0.4, 0.5) is 0 Å². The average Bonchev–Trinajstić information content (AvgIpc) is 2.68. The summed E-state index contributed by atoms with van der Waals surface area (Å²) >= 11 is 5.27. The van der Waals surface area contributed by atoms with Crippen LogP contribution in [0, 0.1) is 0 Å². The second-order valence-corrected chi connectivity index (χ2v) is 7.33. The van der Waals surface area contributed by atoms with Crippen LogP contribution in [0.25, 0.3) is 0 Å². The molecule has 2 aromatic rings. The molecule has 1 atom stereocenters. The third kappa shape index (κ3) is 3.33. The van der Waals surface area contributed by atoms with Crippen molar-refractivity contribution >= 4 is 27.7 Å². The van der Waals surface area contributed by atoms with Gasteiger partial charge in [0.05, 0.1) is 0 Å². The van der Waals surface area contributed by atoms with Gasteiger partial charge in [-0.15, -0.1) is 10.2 Å². The highest BCUT2D eigenvalue weighted by atomic mass is 79.9. The Morgan fingerprint density at radius 2 is 2.14 bits per heavy atom. The maximum atomic E-state index is 5.95. The first-order valence-electron chi connectivity index (χ1n) is 7.30. The molecule has 2 N–H and O–H groups in total. The number of aryl methyl sites for hydroxylation is 1. The molecule has 1 aliphatic heterocycles. The van der Waals surface area contributed by atoms with E-state index in [-0.39, 0.29) is 6.04 Å². The van der Waals surface area contributed by atoms with Gasteiger partial charge in [-0.1, -0.05) is 28.4 Å². The molecule has 112 valence electrons. The van der Waals surface area contributed by atoms with Crippen molar-refractivity contribution in [2.75, 3.05) is 0 Å². The standard InChI is InChI=1S/C15H19BrN4S/c1-10(17)12-7-6-11(9-13(12)16)21-15-19-18-14-5-3-2-4-8-20(14)15/h6-7,9-10H,2-5,8,17H2,1H3/t10-/m0/s1. The summed E-state index contributed by atoms with van der Waals surface area (Å²) in [5.74, 6) is 1.13. The van der Waals surface area contributed by atoms with E-state index in [0.29, 0.717) is 0 Å². The molecule has 4 nitrogen and oxygen atoms in total. The minimum Gasteiger partial charge on any atom is -0.324 e. The predicted molar refractivity (Wildman–Crippen MR) is 88.4 cm³/mol. The Hall–Kier alpha value is -0.850. The lowest BCUT2D eigenvalue weighted by molar-refractivity contribution is 0.591. The molecule has 0 saturated heterocycles. The lowest BCUT2D eigenvalue weighted by Gasteiger charge is -2.10. The molecule has 21 heavy (non-hydrogen) atoms. The normalized spacial score (nSPS) is 16.3. The Kier molecular flexibility index (Phi) is 4.66. The molecule has 6 heteroatoms. The van der Waals surface area contributed by atoms with Crippen LogP contribution >= 0.6 is 27.7 Å². The zero-order valence-electron chi connectivity index (χ0n) is 12.1. The van der Waals surface area contributed by atoms with Crippen LogP contribution in [0.1, 0.15) is 43.6 Å². The van der Waals surface area contributed by atoms with E-state index in [0.717, 1.165) is 38.9 Å². The minimum atomic E-state index is 0.0304. The Balaban J connectivity index is 1.84. The van der Waals surface area contributed by atoms with Crippen LogP contribution in [0.3, 0.4) is 0 Å². The van der Waals surface area contributed by atoms with Crippen molar-refractivity contribution < 1.29 is 0 Å². The van der Waals surface area contributed by atoms with E-state index in [1.165, 1.54) is 19.3 Å². The van der Waals surface area contributed by atoms with E-state index < -0.39 is 0 Å². The number of hydrogen-bond donors (Lipinski definition) is 1. The van der Waals surface area contributed by atoms with Crippen molar-refractivity contribution in [2.45, 2.75) is 55.2 Å². The van der Waals surface area contributed by atoms with E-state index >= 15 is 0 Å². The molecule has 0 fully saturated rings. The first-order valence-corrected chi connectivity index (χ1v) is 8.91. The van der Waals surface area contributed by atoms with E-state index in [4.69, 9.17) is 5.73 Å². The number of nitrogens with zero attached hydrogens (tertiary/aromatic N) is 3. The van der Waals surface area contributed by atoms with Gasteiger partial charge in [0.2, 0.25) is 0 Å². The van der Waals surface area contributed by atoms with E-state index in [9.17, 15) is 0 Å². The van der Waals surface area contributed by atoms with E-state index in [1.807, 2.05) is 6.92 Å². The molecule has 0 amide bonds. The fourth-order valence-corrected chi connectivity index (χ4v) is 4.38. The molecule has 3 rings (SSSR count). The average molecular weight is 367 g/mol. The van der Waals surface area contributed by atoms with Crippen LogP contribution in [-0.2, 0) is 13.0 Å². The van der Waals surface area contributed by atoms with Gasteiger partial charge < -0.3 is 10.3 Å². The first-order chi connectivity index (χ1) is 10.1. The van der Waals surface area contributed by atoms with Crippen molar-refractivity contribution in [3.8, 4) is 0 Å². The maximum absolute atomic E-state index is 5.95. The number of fused-ring (bicyclic) bond motifs is 1. The highest BCUT2D eigenvalue weighted by Crippen LogP contribution is 2.32. The predicted octanol–water partition coefficient (Wildman–Crippen LogP) is 3.94. The van der Waals surface area contributed by atoms with Crippen LogP contribution < -0.4 is 5.73 Å². The topological polar surface area (TPSA) is 56.7 Å². The third-order valence-corrected chi connectivity index (χ3v) is 5.41. The van der Waals surface area contributed by atoms with Gasteiger partial charge >= 0.3 is 0 Å². The second-order valence-electron chi connectivity index (χ2n) is 5.44. The Labute approximate surface area is 137 Å². The molecular formula is C15H19BrN4S. The summed E-state index contributed by atoms with van der Waals surface area (Å²) in [5, 5.41) is 9.69. The maximum Gasteiger partial charge on any atom is 0.196 e. The molecule has 0 aliphatic carbocycles. The van der Waals surface area contributed by atoms with Gasteiger partial charge in [0, 0.05) is 28.4 Å². The summed E-state index contributed by atoms with van der Waals surface area (Å²) in [4.78, 5) is 1.16. The molecule has 0 unspecified atom stereocenters. The lowest BCUT2D eigenvalue weighted by atomic mass is 10.1. The molecule has 1 aromatic carbocycles. The molecule has 2 heterocycles. The zero-order valence-corrected chi connectivity index (χ0v) is 14.5.